The number of halogens is 1. The lowest BCUT2D eigenvalue weighted by molar-refractivity contribution is 0.227. The van der Waals surface area contributed by atoms with E-state index in [1.807, 2.05) is 6.07 Å². The first kappa shape index (κ1) is 9.86. The molecule has 1 aromatic carbocycles. The van der Waals surface area contributed by atoms with Gasteiger partial charge in [0.2, 0.25) is 0 Å². The Bertz CT molecular complexity index is 287. The van der Waals surface area contributed by atoms with Crippen molar-refractivity contribution in [3.63, 3.8) is 0 Å². The topological polar surface area (TPSA) is 23.6 Å². The number of rotatable bonds is 1. The summed E-state index contributed by atoms with van der Waals surface area (Å²) in [4.78, 5) is 12.7. The van der Waals surface area contributed by atoms with Crippen LogP contribution < -0.4 is 4.42 Å². The van der Waals surface area contributed by atoms with Crippen molar-refractivity contribution in [3.05, 3.63) is 30.3 Å². The summed E-state index contributed by atoms with van der Waals surface area (Å²) in [7, 11) is 3.28. The Kier molecular flexibility index (Phi) is 3.14. The highest BCUT2D eigenvalue weighted by Crippen LogP contribution is 2.15. The zero-order valence-corrected chi connectivity index (χ0v) is 8.25. The van der Waals surface area contributed by atoms with Crippen LogP contribution in [0.25, 0.3) is 0 Å². The number of para-hydroxylation sites is 1. The summed E-state index contributed by atoms with van der Waals surface area (Å²) in [5, 5.41) is 0. The van der Waals surface area contributed by atoms with Crippen LogP contribution in [-0.2, 0) is 0 Å². The molecule has 0 aliphatic carbocycles. The number of amides is 2. The molecule has 69 valence electrons. The Morgan fingerprint density at radius 1 is 1.46 bits per heavy atom. The molecule has 0 aromatic heterocycles. The molecule has 1 aromatic rings. The van der Waals surface area contributed by atoms with Gasteiger partial charge in [-0.25, -0.2) is 9.21 Å². The zero-order valence-electron chi connectivity index (χ0n) is 7.49. The largest absolute Gasteiger partial charge is 0.338 e. The van der Waals surface area contributed by atoms with Gasteiger partial charge in [-0.15, -0.1) is 0 Å². The van der Waals surface area contributed by atoms with Crippen LogP contribution in [0.3, 0.4) is 0 Å². The van der Waals surface area contributed by atoms with E-state index in [4.69, 9.17) is 11.8 Å². The quantitative estimate of drug-likeness (QED) is 0.633. The van der Waals surface area contributed by atoms with Crippen molar-refractivity contribution >= 4 is 23.5 Å². The molecule has 0 spiro atoms. The summed E-state index contributed by atoms with van der Waals surface area (Å²) in [6, 6.07) is 9.59. The van der Waals surface area contributed by atoms with Crippen LogP contribution in [0.4, 0.5) is 10.5 Å². The maximum absolute atomic E-state index is 11.3. The van der Waals surface area contributed by atoms with Crippen LogP contribution in [0, 0.1) is 6.07 Å². The van der Waals surface area contributed by atoms with Crippen LogP contribution in [0.5, 0.6) is 0 Å². The van der Waals surface area contributed by atoms with E-state index in [-0.39, 0.29) is 6.03 Å². The van der Waals surface area contributed by atoms with Crippen molar-refractivity contribution in [1.29, 1.82) is 0 Å². The highest BCUT2D eigenvalue weighted by molar-refractivity contribution is 6.36. The molecule has 0 atom stereocenters. The van der Waals surface area contributed by atoms with E-state index >= 15 is 0 Å². The second-order valence-electron chi connectivity index (χ2n) is 2.71. The van der Waals surface area contributed by atoms with E-state index in [0.29, 0.717) is 5.69 Å². The summed E-state index contributed by atoms with van der Waals surface area (Å²) < 4.78 is 1.03. The molecule has 0 bridgehead atoms. The Morgan fingerprint density at radius 3 is 2.62 bits per heavy atom. The summed E-state index contributed by atoms with van der Waals surface area (Å²) in [6.07, 6.45) is 0. The lowest BCUT2D eigenvalue weighted by Crippen LogP contribution is -2.32. The highest BCUT2D eigenvalue weighted by atomic mass is 35.5. The van der Waals surface area contributed by atoms with Crippen LogP contribution in [-0.4, -0.2) is 25.0 Å². The van der Waals surface area contributed by atoms with E-state index in [1.165, 1.54) is 4.90 Å². The van der Waals surface area contributed by atoms with Gasteiger partial charge in [0.1, 0.15) is 0 Å². The fraction of sp³-hybridized carbons (Fsp3) is 0.222. The number of carbonyl (C=O) groups is 1. The summed E-state index contributed by atoms with van der Waals surface area (Å²) >= 11 is 5.76. The molecule has 0 N–H and O–H groups in total. The van der Waals surface area contributed by atoms with Gasteiger partial charge in [-0.3, -0.25) is 0 Å². The number of benzene rings is 1. The molecule has 13 heavy (non-hydrogen) atoms. The third kappa shape index (κ3) is 2.36. The second kappa shape index (κ2) is 4.14. The minimum atomic E-state index is -0.288. The van der Waals surface area contributed by atoms with Gasteiger partial charge in [0, 0.05) is 31.9 Å². The van der Waals surface area contributed by atoms with Gasteiger partial charge in [0.15, 0.2) is 0 Å². The molecular weight excluding hydrogens is 188 g/mol. The molecule has 1 rings (SSSR count). The Morgan fingerprint density at radius 2 is 2.15 bits per heavy atom. The first-order valence-corrected chi connectivity index (χ1v) is 4.10. The van der Waals surface area contributed by atoms with Gasteiger partial charge >= 0.3 is 6.03 Å². The maximum atomic E-state index is 11.3. The molecule has 3 nitrogen and oxygen atoms in total. The van der Waals surface area contributed by atoms with Crippen molar-refractivity contribution in [2.45, 2.75) is 0 Å². The van der Waals surface area contributed by atoms with Crippen molar-refractivity contribution in [2.24, 2.45) is 0 Å². The van der Waals surface area contributed by atoms with Gasteiger partial charge < -0.3 is 4.90 Å². The van der Waals surface area contributed by atoms with E-state index in [1.54, 1.807) is 32.3 Å². The lowest BCUT2D eigenvalue weighted by Gasteiger charge is -2.18. The van der Waals surface area contributed by atoms with Crippen LogP contribution in [0.2, 0.25) is 0 Å². The van der Waals surface area contributed by atoms with Gasteiger partial charge in [-0.05, 0) is 6.07 Å². The average Bonchev–Trinajstić information content (AvgIpc) is 2.17. The van der Waals surface area contributed by atoms with Crippen LogP contribution >= 0.6 is 11.8 Å². The number of hydrogen-bond donors (Lipinski definition) is 0. The summed E-state index contributed by atoms with van der Waals surface area (Å²) in [5.74, 6) is 0. The smallest absolute Gasteiger partial charge is 0.329 e. The van der Waals surface area contributed by atoms with E-state index in [2.05, 4.69) is 6.07 Å². The van der Waals surface area contributed by atoms with Gasteiger partial charge in [0.25, 0.3) is 0 Å². The fourth-order valence-corrected chi connectivity index (χ4v) is 1.04. The molecule has 0 aliphatic rings. The first-order valence-electron chi connectivity index (χ1n) is 3.77. The molecule has 0 saturated carbocycles. The van der Waals surface area contributed by atoms with Crippen molar-refractivity contribution in [1.82, 2.24) is 4.90 Å². The van der Waals surface area contributed by atoms with Gasteiger partial charge in [-0.2, -0.15) is 0 Å². The monoisotopic (exact) mass is 197 g/mol. The third-order valence-corrected chi connectivity index (χ3v) is 1.78. The molecular formula is C9H10ClN2O. The van der Waals surface area contributed by atoms with Crippen LogP contribution in [0.15, 0.2) is 24.3 Å². The molecule has 0 aliphatic heterocycles. The van der Waals surface area contributed by atoms with Crippen molar-refractivity contribution in [3.8, 4) is 0 Å². The number of anilines is 1. The molecule has 0 unspecified atom stereocenters. The molecule has 4 heteroatoms. The normalized spacial score (nSPS) is 9.46. The Hall–Kier alpha value is -1.22. The third-order valence-electron chi connectivity index (χ3n) is 1.45. The standard InChI is InChI=1S/C9H10ClN2O/c1-11(2)9(13)12(10)8-6-4-3-5-7-8/h3-6H,1-2H3. The van der Waals surface area contributed by atoms with Gasteiger partial charge in [-0.1, -0.05) is 18.2 Å². The van der Waals surface area contributed by atoms with Gasteiger partial charge in [0.05, 0.1) is 5.69 Å². The Balaban J connectivity index is 2.80. The minimum absolute atomic E-state index is 0.288. The van der Waals surface area contributed by atoms with E-state index in [0.717, 1.165) is 4.42 Å². The number of urea groups is 1. The zero-order chi connectivity index (χ0) is 9.84. The molecule has 2 amide bonds. The predicted octanol–water partition coefficient (Wildman–Crippen LogP) is 2.13. The summed E-state index contributed by atoms with van der Waals surface area (Å²) in [5.41, 5.74) is 0.544. The van der Waals surface area contributed by atoms with Crippen LogP contribution in [0.1, 0.15) is 0 Å². The maximum Gasteiger partial charge on any atom is 0.338 e. The Labute approximate surface area is 82.6 Å². The van der Waals surface area contributed by atoms with Crippen molar-refractivity contribution in [2.75, 3.05) is 18.5 Å². The number of nitrogens with zero attached hydrogens (tertiary/aromatic N) is 2. The predicted molar refractivity (Wildman–Crippen MR) is 52.7 cm³/mol. The highest BCUT2D eigenvalue weighted by Gasteiger charge is 2.14. The number of carbonyl (C=O) groups excluding carboxylic acids is 1. The SMILES string of the molecule is CN(C)C(=O)N(Cl)c1[c]cccc1. The molecule has 1 radical (unpaired) electrons. The fourth-order valence-electron chi connectivity index (χ4n) is 0.785. The van der Waals surface area contributed by atoms with Crippen molar-refractivity contribution < 1.29 is 4.79 Å². The molecule has 0 fully saturated rings. The number of hydrogen-bond acceptors (Lipinski definition) is 1. The van der Waals surface area contributed by atoms with E-state index < -0.39 is 0 Å². The molecule has 0 saturated heterocycles. The van der Waals surface area contributed by atoms with E-state index in [9.17, 15) is 4.79 Å². The average molecular weight is 198 g/mol. The first-order chi connectivity index (χ1) is 6.13. The second-order valence-corrected chi connectivity index (χ2v) is 3.04. The lowest BCUT2D eigenvalue weighted by atomic mass is 10.3. The molecule has 0 heterocycles. The minimum Gasteiger partial charge on any atom is -0.329 e. The summed E-state index contributed by atoms with van der Waals surface area (Å²) in [6.45, 7) is 0.